The van der Waals surface area contributed by atoms with Crippen molar-refractivity contribution in [1.82, 2.24) is 19.5 Å². The van der Waals surface area contributed by atoms with Crippen molar-refractivity contribution < 1.29 is 23.8 Å². The van der Waals surface area contributed by atoms with Crippen molar-refractivity contribution in [1.29, 1.82) is 0 Å². The summed E-state index contributed by atoms with van der Waals surface area (Å²) in [4.78, 5) is 22.8. The van der Waals surface area contributed by atoms with Crippen LogP contribution in [0.1, 0.15) is 19.6 Å². The van der Waals surface area contributed by atoms with Gasteiger partial charge in [0.2, 0.25) is 0 Å². The van der Waals surface area contributed by atoms with E-state index in [0.717, 1.165) is 0 Å². The fourth-order valence-electron chi connectivity index (χ4n) is 2.73. The van der Waals surface area contributed by atoms with Crippen LogP contribution in [-0.2, 0) is 14.3 Å². The average molecular weight is 321 g/mol. The smallest absolute Gasteiger partial charge is 0.338 e. The van der Waals surface area contributed by atoms with Gasteiger partial charge in [0.15, 0.2) is 28.8 Å². The largest absolute Gasteiger partial charge is 0.467 e. The van der Waals surface area contributed by atoms with Crippen LogP contribution in [0.15, 0.2) is 6.33 Å². The molecule has 1 fully saturated rings. The standard InChI is InChI=1S/C12H13BFN5O4/c1-11(9(20)22-2)3-12(13,21)8(23-11)19-4-16-5-6(15)17-10(14)18-7(5)19/h4,8,21H,3H2,1-2H3,(H2,15,17,18)/t8?,11-,12?/m0/s1. The first-order valence-electron chi connectivity index (χ1n) is 6.61. The Labute approximate surface area is 131 Å². The lowest BCUT2D eigenvalue weighted by atomic mass is 9.75. The fourth-order valence-corrected chi connectivity index (χ4v) is 2.73. The van der Waals surface area contributed by atoms with E-state index in [9.17, 15) is 14.3 Å². The summed E-state index contributed by atoms with van der Waals surface area (Å²) >= 11 is 0. The lowest BCUT2D eigenvalue weighted by Crippen LogP contribution is -2.38. The van der Waals surface area contributed by atoms with Crippen LogP contribution >= 0.6 is 0 Å². The van der Waals surface area contributed by atoms with Crippen LogP contribution in [0.3, 0.4) is 0 Å². The highest BCUT2D eigenvalue weighted by Gasteiger charge is 2.55. The Hall–Kier alpha value is -2.27. The molecule has 3 rings (SSSR count). The van der Waals surface area contributed by atoms with Crippen molar-refractivity contribution in [3.8, 4) is 0 Å². The number of ether oxygens (including phenoxy) is 2. The Morgan fingerprint density at radius 3 is 3.00 bits per heavy atom. The first-order chi connectivity index (χ1) is 10.7. The summed E-state index contributed by atoms with van der Waals surface area (Å²) in [5.41, 5.74) is 2.28. The molecule has 2 aromatic rings. The molecule has 3 atom stereocenters. The molecule has 11 heteroatoms. The summed E-state index contributed by atoms with van der Waals surface area (Å²) in [5, 5.41) is 10.4. The van der Waals surface area contributed by atoms with Crippen LogP contribution in [0.4, 0.5) is 10.2 Å². The molecule has 120 valence electrons. The number of methoxy groups -OCH3 is 1. The van der Waals surface area contributed by atoms with E-state index in [2.05, 4.69) is 19.7 Å². The first-order valence-corrected chi connectivity index (χ1v) is 6.61. The topological polar surface area (TPSA) is 125 Å². The van der Waals surface area contributed by atoms with E-state index in [-0.39, 0.29) is 23.4 Å². The van der Waals surface area contributed by atoms with Crippen molar-refractivity contribution in [3.05, 3.63) is 12.4 Å². The van der Waals surface area contributed by atoms with Gasteiger partial charge >= 0.3 is 12.0 Å². The van der Waals surface area contributed by atoms with Gasteiger partial charge in [-0.25, -0.2) is 9.78 Å². The van der Waals surface area contributed by atoms with Gasteiger partial charge in [0.25, 0.3) is 0 Å². The number of rotatable bonds is 2. The quantitative estimate of drug-likeness (QED) is 0.421. The number of anilines is 1. The SMILES string of the molecule is [B]C1(O)C[C@@](C)(C(=O)OC)OC1n1cnc2c(N)nc(F)nc21. The zero-order valence-corrected chi connectivity index (χ0v) is 12.4. The number of hydrogen-bond donors (Lipinski definition) is 2. The summed E-state index contributed by atoms with van der Waals surface area (Å²) in [6.07, 6.45) is -1.32. The molecule has 0 amide bonds. The zero-order chi connectivity index (χ0) is 17.0. The minimum Gasteiger partial charge on any atom is -0.467 e. The predicted octanol–water partition coefficient (Wildman–Crippen LogP) is -0.745. The molecule has 2 radical (unpaired) electrons. The van der Waals surface area contributed by atoms with Gasteiger partial charge in [0.05, 0.1) is 18.9 Å². The maximum atomic E-state index is 13.4. The Bertz CT molecular complexity index is 797. The third-order valence-corrected chi connectivity index (χ3v) is 3.71. The van der Waals surface area contributed by atoms with Crippen LogP contribution in [0.2, 0.25) is 0 Å². The van der Waals surface area contributed by atoms with E-state index >= 15 is 0 Å². The number of nitrogen functional groups attached to an aromatic ring is 1. The lowest BCUT2D eigenvalue weighted by Gasteiger charge is -2.25. The molecule has 9 nitrogen and oxygen atoms in total. The van der Waals surface area contributed by atoms with Crippen molar-refractivity contribution in [2.75, 3.05) is 12.8 Å². The van der Waals surface area contributed by atoms with Gasteiger partial charge in [-0.05, 0) is 6.92 Å². The van der Waals surface area contributed by atoms with E-state index in [1.165, 1.54) is 24.9 Å². The number of halogens is 1. The number of hydrogen-bond acceptors (Lipinski definition) is 8. The van der Waals surface area contributed by atoms with E-state index in [1.54, 1.807) is 0 Å². The first kappa shape index (κ1) is 15.6. The number of carbonyl (C=O) groups excluding carboxylic acids is 1. The Morgan fingerprint density at radius 2 is 2.35 bits per heavy atom. The number of carbonyl (C=O) groups is 1. The summed E-state index contributed by atoms with van der Waals surface area (Å²) in [6, 6.07) is 0. The monoisotopic (exact) mass is 321 g/mol. The molecule has 0 aromatic carbocycles. The third kappa shape index (κ3) is 2.32. The van der Waals surface area contributed by atoms with Crippen LogP contribution in [0.25, 0.3) is 11.2 Å². The van der Waals surface area contributed by atoms with Gasteiger partial charge in [-0.3, -0.25) is 4.57 Å². The van der Waals surface area contributed by atoms with E-state index in [1.807, 2.05) is 0 Å². The minimum atomic E-state index is -1.94. The Balaban J connectivity index is 2.10. The summed E-state index contributed by atoms with van der Waals surface area (Å²) in [7, 11) is 7.04. The maximum absolute atomic E-state index is 13.4. The van der Waals surface area contributed by atoms with Crippen LogP contribution in [0.5, 0.6) is 0 Å². The molecule has 2 unspecified atom stereocenters. The Kier molecular flexibility index (Phi) is 3.30. The number of aliphatic hydroxyl groups is 1. The number of esters is 1. The number of fused-ring (bicyclic) bond motifs is 1. The van der Waals surface area contributed by atoms with Crippen molar-refractivity contribution in [2.45, 2.75) is 30.7 Å². The van der Waals surface area contributed by atoms with E-state index in [4.69, 9.17) is 18.3 Å². The second-order valence-corrected chi connectivity index (χ2v) is 5.56. The summed E-state index contributed by atoms with van der Waals surface area (Å²) in [6.45, 7) is 1.43. The average Bonchev–Trinajstić information content (AvgIpc) is 2.96. The predicted molar refractivity (Wildman–Crippen MR) is 75.6 cm³/mol. The third-order valence-electron chi connectivity index (χ3n) is 3.71. The van der Waals surface area contributed by atoms with Gasteiger partial charge < -0.3 is 20.3 Å². The van der Waals surface area contributed by atoms with Gasteiger partial charge in [0, 0.05) is 6.42 Å². The number of aromatic nitrogens is 4. The van der Waals surface area contributed by atoms with Crippen molar-refractivity contribution in [2.24, 2.45) is 0 Å². The second kappa shape index (κ2) is 4.86. The van der Waals surface area contributed by atoms with Gasteiger partial charge in [-0.15, -0.1) is 0 Å². The number of nitrogens with two attached hydrogens (primary N) is 1. The Morgan fingerprint density at radius 1 is 1.65 bits per heavy atom. The van der Waals surface area contributed by atoms with Crippen molar-refractivity contribution >= 4 is 30.8 Å². The lowest BCUT2D eigenvalue weighted by molar-refractivity contribution is -0.170. The molecular formula is C12H13BFN5O4. The van der Waals surface area contributed by atoms with Gasteiger partial charge in [-0.1, -0.05) is 0 Å². The van der Waals surface area contributed by atoms with E-state index < -0.39 is 29.4 Å². The molecule has 1 aliphatic rings. The van der Waals surface area contributed by atoms with Crippen molar-refractivity contribution in [3.63, 3.8) is 0 Å². The van der Waals surface area contributed by atoms with Gasteiger partial charge in [-0.2, -0.15) is 14.4 Å². The number of imidazole rings is 1. The van der Waals surface area contributed by atoms with Crippen LogP contribution < -0.4 is 5.73 Å². The highest BCUT2D eigenvalue weighted by Crippen LogP contribution is 2.43. The molecule has 2 aromatic heterocycles. The fraction of sp³-hybridized carbons (Fsp3) is 0.500. The molecule has 3 heterocycles. The molecule has 1 saturated heterocycles. The number of nitrogens with zero attached hydrogens (tertiary/aromatic N) is 4. The normalized spacial score (nSPS) is 30.7. The second-order valence-electron chi connectivity index (χ2n) is 5.56. The molecule has 23 heavy (non-hydrogen) atoms. The van der Waals surface area contributed by atoms with Crippen LogP contribution in [-0.4, -0.2) is 56.7 Å². The summed E-state index contributed by atoms with van der Waals surface area (Å²) in [5.74, 6) is -0.867. The maximum Gasteiger partial charge on any atom is 0.338 e. The zero-order valence-electron chi connectivity index (χ0n) is 12.4. The molecular weight excluding hydrogens is 308 g/mol. The highest BCUT2D eigenvalue weighted by atomic mass is 19.1. The summed E-state index contributed by atoms with van der Waals surface area (Å²) < 4.78 is 24.9. The highest BCUT2D eigenvalue weighted by molar-refractivity contribution is 6.15. The molecule has 1 aliphatic heterocycles. The molecule has 0 saturated carbocycles. The van der Waals surface area contributed by atoms with E-state index in [0.29, 0.717) is 0 Å². The molecule has 0 bridgehead atoms. The van der Waals surface area contributed by atoms with Crippen LogP contribution in [0, 0.1) is 6.08 Å². The molecule has 3 N–H and O–H groups in total. The molecule has 0 spiro atoms. The van der Waals surface area contributed by atoms with Gasteiger partial charge in [0.1, 0.15) is 7.85 Å². The molecule has 0 aliphatic carbocycles. The minimum absolute atomic E-state index is 0.0157.